The fraction of sp³-hybridized carbons (Fsp3) is 0. The molecule has 0 saturated carbocycles. The van der Waals surface area contributed by atoms with Crippen LogP contribution in [0.4, 0.5) is 0 Å². The fourth-order valence-electron chi connectivity index (χ4n) is 1.52. The van der Waals surface area contributed by atoms with Crippen LogP contribution in [0.1, 0.15) is 5.76 Å². The van der Waals surface area contributed by atoms with E-state index in [2.05, 4.69) is 25.9 Å². The van der Waals surface area contributed by atoms with Gasteiger partial charge in [0.15, 0.2) is 5.58 Å². The molecule has 3 heterocycles. The third kappa shape index (κ3) is 1.64. The first-order chi connectivity index (χ1) is 8.29. The molecule has 0 aliphatic rings. The van der Waals surface area contributed by atoms with Crippen molar-refractivity contribution in [1.29, 1.82) is 5.26 Å². The van der Waals surface area contributed by atoms with Gasteiger partial charge >= 0.3 is 0 Å². The molecule has 3 rings (SSSR count). The van der Waals surface area contributed by atoms with Crippen molar-refractivity contribution >= 4 is 38.2 Å². The van der Waals surface area contributed by atoms with Gasteiger partial charge < -0.3 is 4.42 Å². The minimum Gasteiger partial charge on any atom is -0.444 e. The SMILES string of the molecule is N#Cc1cc2c(Br)c(-c3nccs3)ncc2o1. The zero-order valence-electron chi connectivity index (χ0n) is 8.35. The third-order valence-electron chi connectivity index (χ3n) is 2.26. The highest BCUT2D eigenvalue weighted by molar-refractivity contribution is 9.10. The second-order valence-corrected chi connectivity index (χ2v) is 4.95. The minimum absolute atomic E-state index is 0.277. The van der Waals surface area contributed by atoms with Crippen LogP contribution in [0.2, 0.25) is 0 Å². The summed E-state index contributed by atoms with van der Waals surface area (Å²) >= 11 is 4.99. The molecule has 0 radical (unpaired) electrons. The summed E-state index contributed by atoms with van der Waals surface area (Å²) in [6, 6.07) is 3.66. The average Bonchev–Trinajstić information content (AvgIpc) is 2.97. The minimum atomic E-state index is 0.277. The number of fused-ring (bicyclic) bond motifs is 1. The number of thiazole rings is 1. The molecule has 3 aromatic rings. The maximum Gasteiger partial charge on any atom is 0.204 e. The molecule has 0 spiro atoms. The standard InChI is InChI=1S/C11H4BrN3OS/c12-9-7-3-6(4-13)16-8(7)5-15-10(9)11-14-1-2-17-11/h1-3,5H. The van der Waals surface area contributed by atoms with E-state index in [9.17, 15) is 0 Å². The van der Waals surface area contributed by atoms with Crippen molar-refractivity contribution in [3.63, 3.8) is 0 Å². The van der Waals surface area contributed by atoms with Crippen molar-refractivity contribution in [3.05, 3.63) is 34.1 Å². The maximum atomic E-state index is 8.79. The van der Waals surface area contributed by atoms with Crippen molar-refractivity contribution in [2.24, 2.45) is 0 Å². The first-order valence-electron chi connectivity index (χ1n) is 4.67. The number of furan rings is 1. The predicted octanol–water partition coefficient (Wildman–Crippen LogP) is 3.59. The second kappa shape index (κ2) is 3.95. The Morgan fingerprint density at radius 3 is 3.00 bits per heavy atom. The van der Waals surface area contributed by atoms with E-state index in [0.717, 1.165) is 20.6 Å². The lowest BCUT2D eigenvalue weighted by atomic mass is 10.2. The quantitative estimate of drug-likeness (QED) is 0.689. The number of halogens is 1. The van der Waals surface area contributed by atoms with E-state index in [1.54, 1.807) is 18.5 Å². The van der Waals surface area contributed by atoms with Gasteiger partial charge in [-0.25, -0.2) is 9.97 Å². The fourth-order valence-corrected chi connectivity index (χ4v) is 2.89. The molecule has 82 valence electrons. The van der Waals surface area contributed by atoms with E-state index >= 15 is 0 Å². The first-order valence-corrected chi connectivity index (χ1v) is 6.35. The van der Waals surface area contributed by atoms with Crippen LogP contribution in [0, 0.1) is 11.3 Å². The summed E-state index contributed by atoms with van der Waals surface area (Å²) in [5, 5.41) is 12.4. The summed E-state index contributed by atoms with van der Waals surface area (Å²) in [6.45, 7) is 0. The monoisotopic (exact) mass is 305 g/mol. The van der Waals surface area contributed by atoms with Crippen molar-refractivity contribution in [1.82, 2.24) is 9.97 Å². The van der Waals surface area contributed by atoms with Crippen molar-refractivity contribution < 1.29 is 4.42 Å². The summed E-state index contributed by atoms with van der Waals surface area (Å²) < 4.78 is 6.10. The van der Waals surface area contributed by atoms with Gasteiger partial charge in [0.1, 0.15) is 16.8 Å². The Morgan fingerprint density at radius 1 is 1.41 bits per heavy atom. The maximum absolute atomic E-state index is 8.79. The number of aromatic nitrogens is 2. The van der Waals surface area contributed by atoms with E-state index in [1.807, 2.05) is 11.4 Å². The van der Waals surface area contributed by atoms with Gasteiger partial charge in [0.05, 0.1) is 10.7 Å². The number of nitriles is 1. The van der Waals surface area contributed by atoms with Gasteiger partial charge in [-0.1, -0.05) is 0 Å². The summed E-state index contributed by atoms with van der Waals surface area (Å²) in [4.78, 5) is 8.51. The van der Waals surface area contributed by atoms with Gasteiger partial charge in [-0.3, -0.25) is 0 Å². The van der Waals surface area contributed by atoms with E-state index < -0.39 is 0 Å². The lowest BCUT2D eigenvalue weighted by molar-refractivity contribution is 0.598. The molecule has 0 amide bonds. The topological polar surface area (TPSA) is 62.7 Å². The average molecular weight is 306 g/mol. The first kappa shape index (κ1) is 10.4. The van der Waals surface area contributed by atoms with E-state index in [0.29, 0.717) is 5.58 Å². The molecule has 0 unspecified atom stereocenters. The van der Waals surface area contributed by atoms with Gasteiger partial charge in [-0.2, -0.15) is 5.26 Å². The Morgan fingerprint density at radius 2 is 2.29 bits per heavy atom. The van der Waals surface area contributed by atoms with Gasteiger partial charge in [0, 0.05) is 23.0 Å². The normalized spacial score (nSPS) is 10.6. The van der Waals surface area contributed by atoms with E-state index in [4.69, 9.17) is 9.68 Å². The van der Waals surface area contributed by atoms with Gasteiger partial charge in [0.2, 0.25) is 5.76 Å². The zero-order chi connectivity index (χ0) is 11.8. The van der Waals surface area contributed by atoms with Crippen LogP contribution >= 0.6 is 27.3 Å². The van der Waals surface area contributed by atoms with E-state index in [-0.39, 0.29) is 5.76 Å². The van der Waals surface area contributed by atoms with Crippen LogP contribution < -0.4 is 0 Å². The molecule has 0 bridgehead atoms. The van der Waals surface area contributed by atoms with Gasteiger partial charge in [0.25, 0.3) is 0 Å². The highest BCUT2D eigenvalue weighted by Gasteiger charge is 2.14. The van der Waals surface area contributed by atoms with Crippen LogP contribution in [-0.2, 0) is 0 Å². The number of pyridine rings is 1. The van der Waals surface area contributed by atoms with Crippen LogP contribution in [0.5, 0.6) is 0 Å². The van der Waals surface area contributed by atoms with E-state index in [1.165, 1.54) is 11.3 Å². The molecular weight excluding hydrogens is 302 g/mol. The summed E-state index contributed by atoms with van der Waals surface area (Å²) in [6.07, 6.45) is 3.34. The molecule has 3 aromatic heterocycles. The lowest BCUT2D eigenvalue weighted by Gasteiger charge is -1.99. The number of hydrogen-bond donors (Lipinski definition) is 0. The Bertz CT molecular complexity index is 727. The lowest BCUT2D eigenvalue weighted by Crippen LogP contribution is -1.84. The molecule has 0 aliphatic heterocycles. The highest BCUT2D eigenvalue weighted by Crippen LogP contribution is 2.34. The van der Waals surface area contributed by atoms with Gasteiger partial charge in [-0.05, 0) is 15.9 Å². The summed E-state index contributed by atoms with van der Waals surface area (Å²) in [7, 11) is 0. The molecule has 0 fully saturated rings. The molecule has 4 nitrogen and oxygen atoms in total. The summed E-state index contributed by atoms with van der Waals surface area (Å²) in [5.41, 5.74) is 1.35. The third-order valence-corrected chi connectivity index (χ3v) is 3.84. The molecule has 0 aliphatic carbocycles. The van der Waals surface area contributed by atoms with Crippen LogP contribution in [-0.4, -0.2) is 9.97 Å². The molecule has 17 heavy (non-hydrogen) atoms. The van der Waals surface area contributed by atoms with Crippen molar-refractivity contribution in [3.8, 4) is 16.8 Å². The summed E-state index contributed by atoms with van der Waals surface area (Å²) in [5.74, 6) is 0.277. The van der Waals surface area contributed by atoms with Crippen LogP contribution in [0.25, 0.3) is 21.7 Å². The molecule has 6 heteroatoms. The number of rotatable bonds is 1. The molecule has 0 aromatic carbocycles. The van der Waals surface area contributed by atoms with Crippen molar-refractivity contribution in [2.75, 3.05) is 0 Å². The number of nitrogens with zero attached hydrogens (tertiary/aromatic N) is 3. The number of hydrogen-bond acceptors (Lipinski definition) is 5. The Balaban J connectivity index is 2.30. The predicted molar refractivity (Wildman–Crippen MR) is 67.5 cm³/mol. The highest BCUT2D eigenvalue weighted by atomic mass is 79.9. The Labute approximate surface area is 109 Å². The van der Waals surface area contributed by atoms with Crippen LogP contribution in [0.3, 0.4) is 0 Å². The molecular formula is C11H4BrN3OS. The van der Waals surface area contributed by atoms with Crippen molar-refractivity contribution in [2.45, 2.75) is 0 Å². The molecule has 0 saturated heterocycles. The smallest absolute Gasteiger partial charge is 0.204 e. The second-order valence-electron chi connectivity index (χ2n) is 3.26. The Hall–Kier alpha value is -1.71. The zero-order valence-corrected chi connectivity index (χ0v) is 10.7. The molecule has 0 atom stereocenters. The Kier molecular flexibility index (Phi) is 2.42. The van der Waals surface area contributed by atoms with Crippen LogP contribution in [0.15, 0.2) is 32.7 Å². The van der Waals surface area contributed by atoms with Gasteiger partial charge in [-0.15, -0.1) is 11.3 Å². The largest absolute Gasteiger partial charge is 0.444 e. The molecule has 0 N–H and O–H groups in total.